The number of carbonyl (C=O) groups is 1. The van der Waals surface area contributed by atoms with Gasteiger partial charge in [-0.25, -0.2) is 0 Å². The number of nitrogens with one attached hydrogen (secondary N) is 3. The molecule has 2 aliphatic heterocycles. The van der Waals surface area contributed by atoms with Crippen molar-refractivity contribution >= 4 is 18.3 Å². The molecule has 0 aliphatic carbocycles. The molecular weight excluding hydrogens is 276 g/mol. The number of H-pyrrole nitrogens is 1. The van der Waals surface area contributed by atoms with E-state index in [1.165, 1.54) is 0 Å². The second-order valence-corrected chi connectivity index (χ2v) is 7.01. The molecule has 1 aromatic heterocycles. The van der Waals surface area contributed by atoms with Gasteiger partial charge >= 0.3 is 0 Å². The van der Waals surface area contributed by atoms with E-state index in [-0.39, 0.29) is 29.3 Å². The third kappa shape index (κ3) is 2.56. The number of hydrogen-bond acceptors (Lipinski definition) is 3. The van der Waals surface area contributed by atoms with Crippen molar-refractivity contribution in [1.29, 1.82) is 0 Å². The minimum Gasteiger partial charge on any atom is -0.345 e. The molecule has 1 amide bonds. The molecule has 3 rings (SSSR count). The Hall–Kier alpha value is -1.07. The van der Waals surface area contributed by atoms with Crippen molar-refractivity contribution < 1.29 is 4.79 Å². The van der Waals surface area contributed by atoms with E-state index in [2.05, 4.69) is 41.6 Å². The molecule has 6 heteroatoms. The highest BCUT2D eigenvalue weighted by Crippen LogP contribution is 2.35. The summed E-state index contributed by atoms with van der Waals surface area (Å²) < 4.78 is 0. The first kappa shape index (κ1) is 15.3. The smallest absolute Gasteiger partial charge is 0.270 e. The Morgan fingerprint density at radius 2 is 2.15 bits per heavy atom. The molecule has 2 atom stereocenters. The van der Waals surface area contributed by atoms with Crippen LogP contribution in [0.3, 0.4) is 0 Å². The van der Waals surface area contributed by atoms with Crippen molar-refractivity contribution in [3.63, 3.8) is 0 Å². The number of halogens is 1. The van der Waals surface area contributed by atoms with Crippen molar-refractivity contribution in [3.05, 3.63) is 17.5 Å². The molecule has 0 aromatic carbocycles. The van der Waals surface area contributed by atoms with Crippen LogP contribution in [0.4, 0.5) is 0 Å². The van der Waals surface area contributed by atoms with Crippen molar-refractivity contribution in [1.82, 2.24) is 20.8 Å². The summed E-state index contributed by atoms with van der Waals surface area (Å²) in [6.07, 6.45) is 4.64. The highest BCUT2D eigenvalue weighted by molar-refractivity contribution is 5.95. The number of amides is 1. The van der Waals surface area contributed by atoms with E-state index in [1.54, 1.807) is 6.20 Å². The quantitative estimate of drug-likeness (QED) is 0.682. The zero-order valence-electron chi connectivity index (χ0n) is 12.2. The van der Waals surface area contributed by atoms with E-state index < -0.39 is 0 Å². The van der Waals surface area contributed by atoms with Crippen molar-refractivity contribution in [2.75, 3.05) is 6.54 Å². The van der Waals surface area contributed by atoms with Crippen molar-refractivity contribution in [2.24, 2.45) is 5.41 Å². The Morgan fingerprint density at radius 3 is 2.85 bits per heavy atom. The van der Waals surface area contributed by atoms with Crippen LogP contribution in [0.5, 0.6) is 0 Å². The van der Waals surface area contributed by atoms with Gasteiger partial charge in [-0.1, -0.05) is 20.8 Å². The number of carbonyl (C=O) groups excluding carboxylic acids is 1. The molecule has 1 fully saturated rings. The highest BCUT2D eigenvalue weighted by atomic mass is 35.5. The minimum atomic E-state index is -0.100. The summed E-state index contributed by atoms with van der Waals surface area (Å²) in [6, 6.07) is 0.426. The van der Waals surface area contributed by atoms with E-state index in [0.29, 0.717) is 11.7 Å². The maximum atomic E-state index is 12.2. The van der Waals surface area contributed by atoms with E-state index in [4.69, 9.17) is 0 Å². The molecule has 0 saturated carbocycles. The summed E-state index contributed by atoms with van der Waals surface area (Å²) in [5, 5.41) is 13.6. The molecule has 0 radical (unpaired) electrons. The summed E-state index contributed by atoms with van der Waals surface area (Å²) in [5.74, 6) is -0.00620. The molecule has 2 unspecified atom stereocenters. The lowest BCUT2D eigenvalue weighted by atomic mass is 9.71. The SMILES string of the molecule is CC(C)(C)C1CC2(CCN1)Cc1cn[nH]c1C(=O)N2.Cl. The Balaban J connectivity index is 0.00000147. The van der Waals surface area contributed by atoms with Crippen LogP contribution in [0.25, 0.3) is 0 Å². The summed E-state index contributed by atoms with van der Waals surface area (Å²) in [4.78, 5) is 12.2. The van der Waals surface area contributed by atoms with Gasteiger partial charge in [-0.3, -0.25) is 9.89 Å². The number of hydrogen-bond donors (Lipinski definition) is 3. The fourth-order valence-electron chi connectivity index (χ4n) is 3.29. The van der Waals surface area contributed by atoms with Gasteiger partial charge in [0.05, 0.1) is 6.20 Å². The van der Waals surface area contributed by atoms with Gasteiger partial charge in [0.1, 0.15) is 5.69 Å². The molecule has 2 aliphatic rings. The third-order valence-electron chi connectivity index (χ3n) is 4.49. The molecule has 112 valence electrons. The Bertz CT molecular complexity index is 508. The van der Waals surface area contributed by atoms with Gasteiger partial charge < -0.3 is 10.6 Å². The summed E-state index contributed by atoms with van der Waals surface area (Å²) in [5.41, 5.74) is 1.79. The van der Waals surface area contributed by atoms with Crippen LogP contribution in [0.2, 0.25) is 0 Å². The first-order valence-electron chi connectivity index (χ1n) is 6.98. The average molecular weight is 299 g/mol. The molecule has 3 heterocycles. The standard InChI is InChI=1S/C14H22N4O.ClH/c1-13(2,3)10-7-14(4-5-15-10)6-9-8-16-18-11(9)12(19)17-14;/h8,10,15H,4-7H2,1-3H3,(H,16,18)(H,17,19);1H. The van der Waals surface area contributed by atoms with Gasteiger partial charge in [0, 0.05) is 17.1 Å². The summed E-state index contributed by atoms with van der Waals surface area (Å²) in [6.45, 7) is 7.70. The Labute approximate surface area is 125 Å². The largest absolute Gasteiger partial charge is 0.345 e. The van der Waals surface area contributed by atoms with E-state index in [0.717, 1.165) is 31.4 Å². The highest BCUT2D eigenvalue weighted by Gasteiger charge is 2.44. The van der Waals surface area contributed by atoms with E-state index >= 15 is 0 Å². The summed E-state index contributed by atoms with van der Waals surface area (Å²) in [7, 11) is 0. The Morgan fingerprint density at radius 1 is 1.40 bits per heavy atom. The molecular formula is C14H23ClN4O. The van der Waals surface area contributed by atoms with Gasteiger partial charge in [0.2, 0.25) is 0 Å². The second-order valence-electron chi connectivity index (χ2n) is 7.01. The summed E-state index contributed by atoms with van der Waals surface area (Å²) >= 11 is 0. The fraction of sp³-hybridized carbons (Fsp3) is 0.714. The zero-order chi connectivity index (χ0) is 13.7. The molecule has 1 saturated heterocycles. The molecule has 1 spiro atoms. The van der Waals surface area contributed by atoms with Gasteiger partial charge in [-0.2, -0.15) is 5.10 Å². The van der Waals surface area contributed by atoms with Crippen LogP contribution in [-0.2, 0) is 6.42 Å². The number of piperidine rings is 1. The van der Waals surface area contributed by atoms with Crippen LogP contribution in [0.1, 0.15) is 49.7 Å². The number of nitrogens with zero attached hydrogens (tertiary/aromatic N) is 1. The zero-order valence-corrected chi connectivity index (χ0v) is 13.1. The Kier molecular flexibility index (Phi) is 3.86. The first-order valence-corrected chi connectivity index (χ1v) is 6.98. The predicted octanol–water partition coefficient (Wildman–Crippen LogP) is 1.65. The molecule has 1 aromatic rings. The van der Waals surface area contributed by atoms with Gasteiger partial charge in [-0.15, -0.1) is 12.4 Å². The number of rotatable bonds is 0. The second kappa shape index (κ2) is 5.04. The molecule has 5 nitrogen and oxygen atoms in total. The maximum absolute atomic E-state index is 12.2. The minimum absolute atomic E-state index is 0. The lowest BCUT2D eigenvalue weighted by Gasteiger charge is -2.47. The number of aromatic amines is 1. The monoisotopic (exact) mass is 298 g/mol. The fourth-order valence-corrected chi connectivity index (χ4v) is 3.29. The first-order chi connectivity index (χ1) is 8.90. The lowest BCUT2D eigenvalue weighted by molar-refractivity contribution is 0.0773. The molecule has 3 N–H and O–H groups in total. The van der Waals surface area contributed by atoms with Crippen LogP contribution in [-0.4, -0.2) is 34.2 Å². The van der Waals surface area contributed by atoms with Crippen LogP contribution < -0.4 is 10.6 Å². The van der Waals surface area contributed by atoms with Crippen LogP contribution >= 0.6 is 12.4 Å². The van der Waals surface area contributed by atoms with Crippen molar-refractivity contribution in [3.8, 4) is 0 Å². The van der Waals surface area contributed by atoms with E-state index in [9.17, 15) is 4.79 Å². The normalized spacial score (nSPS) is 29.6. The molecule has 20 heavy (non-hydrogen) atoms. The third-order valence-corrected chi connectivity index (χ3v) is 4.49. The van der Waals surface area contributed by atoms with Gasteiger partial charge in [-0.05, 0) is 31.2 Å². The van der Waals surface area contributed by atoms with Crippen LogP contribution in [0.15, 0.2) is 6.20 Å². The topological polar surface area (TPSA) is 69.8 Å². The maximum Gasteiger partial charge on any atom is 0.270 e. The predicted molar refractivity (Wildman–Crippen MR) is 80.2 cm³/mol. The van der Waals surface area contributed by atoms with Crippen molar-refractivity contribution in [2.45, 2.75) is 51.6 Å². The molecule has 0 bridgehead atoms. The van der Waals surface area contributed by atoms with Gasteiger partial charge in [0.15, 0.2) is 0 Å². The number of fused-ring (bicyclic) bond motifs is 1. The number of aromatic nitrogens is 2. The average Bonchev–Trinajstić information content (AvgIpc) is 2.76. The van der Waals surface area contributed by atoms with Gasteiger partial charge in [0.25, 0.3) is 5.91 Å². The lowest BCUT2D eigenvalue weighted by Crippen LogP contribution is -2.62. The van der Waals surface area contributed by atoms with Crippen LogP contribution in [0, 0.1) is 5.41 Å². The van der Waals surface area contributed by atoms with E-state index in [1.807, 2.05) is 0 Å².